The lowest BCUT2D eigenvalue weighted by Crippen LogP contribution is -2.60. The fraction of sp³-hybridized carbons (Fsp3) is 0.526. The Bertz CT molecular complexity index is 700. The van der Waals surface area contributed by atoms with Gasteiger partial charge in [0.25, 0.3) is 0 Å². The Kier molecular flexibility index (Phi) is 2.82. The summed E-state index contributed by atoms with van der Waals surface area (Å²) in [6.07, 6.45) is 6.56. The van der Waals surface area contributed by atoms with Crippen molar-refractivity contribution in [1.29, 1.82) is 0 Å². The van der Waals surface area contributed by atoms with Crippen LogP contribution >= 0.6 is 11.6 Å². The first-order valence-electron chi connectivity index (χ1n) is 8.52. The molecule has 120 valence electrons. The molecule has 0 N–H and O–H groups in total. The lowest BCUT2D eigenvalue weighted by atomic mass is 9.84. The zero-order valence-electron chi connectivity index (χ0n) is 13.1. The van der Waals surface area contributed by atoms with Gasteiger partial charge < -0.3 is 9.64 Å². The van der Waals surface area contributed by atoms with Crippen molar-refractivity contribution in [1.82, 2.24) is 4.90 Å². The predicted molar refractivity (Wildman–Crippen MR) is 87.7 cm³/mol. The summed E-state index contributed by atoms with van der Waals surface area (Å²) in [6, 6.07) is 8.13. The molecule has 3 fully saturated rings. The van der Waals surface area contributed by atoms with E-state index in [0.717, 1.165) is 18.6 Å². The number of carbonyl (C=O) groups is 1. The number of carbonyl (C=O) groups excluding carboxylic acids is 1. The monoisotopic (exact) mass is 329 g/mol. The van der Waals surface area contributed by atoms with Crippen LogP contribution in [0.1, 0.15) is 25.3 Å². The van der Waals surface area contributed by atoms with Gasteiger partial charge in [0.15, 0.2) is 5.72 Å². The number of nitrogens with zero attached hydrogens (tertiary/aromatic N) is 1. The van der Waals surface area contributed by atoms with Gasteiger partial charge in [0.1, 0.15) is 0 Å². The van der Waals surface area contributed by atoms with Gasteiger partial charge in [-0.25, -0.2) is 0 Å². The van der Waals surface area contributed by atoms with Crippen molar-refractivity contribution in [3.05, 3.63) is 47.0 Å². The summed E-state index contributed by atoms with van der Waals surface area (Å²) in [7, 11) is 0. The molecule has 2 aliphatic carbocycles. The second-order valence-corrected chi connectivity index (χ2v) is 7.95. The highest BCUT2D eigenvalue weighted by molar-refractivity contribution is 6.30. The van der Waals surface area contributed by atoms with Crippen molar-refractivity contribution in [2.75, 3.05) is 6.61 Å². The maximum atomic E-state index is 13.0. The Morgan fingerprint density at radius 3 is 2.74 bits per heavy atom. The molecule has 2 saturated heterocycles. The molecule has 23 heavy (non-hydrogen) atoms. The minimum atomic E-state index is -0.597. The zero-order chi connectivity index (χ0) is 15.8. The van der Waals surface area contributed by atoms with E-state index >= 15 is 0 Å². The van der Waals surface area contributed by atoms with Crippen molar-refractivity contribution in [3.63, 3.8) is 0 Å². The van der Waals surface area contributed by atoms with Crippen molar-refractivity contribution < 1.29 is 9.53 Å². The number of benzene rings is 1. The van der Waals surface area contributed by atoms with Crippen LogP contribution in [0.25, 0.3) is 0 Å². The molecule has 0 spiro atoms. The van der Waals surface area contributed by atoms with Crippen molar-refractivity contribution >= 4 is 17.5 Å². The third kappa shape index (κ3) is 1.72. The standard InChI is InChI=1S/C19H20ClNO2/c1-11-9-19(14-4-6-15(20)7-5-14)21(18(11)22)17-13-3-2-12(8-13)16(17)10-23-19/h2-7,11-13,16-17H,8-10H2,1H3/t11-,12+,13-,16-,17-,19+/m1/s1. The van der Waals surface area contributed by atoms with E-state index in [1.54, 1.807) is 0 Å². The summed E-state index contributed by atoms with van der Waals surface area (Å²) in [6.45, 7) is 2.77. The van der Waals surface area contributed by atoms with Gasteiger partial charge >= 0.3 is 0 Å². The summed E-state index contributed by atoms with van der Waals surface area (Å²) < 4.78 is 6.45. The van der Waals surface area contributed by atoms with E-state index in [1.807, 2.05) is 31.2 Å². The van der Waals surface area contributed by atoms with Gasteiger partial charge in [0.05, 0.1) is 6.61 Å². The van der Waals surface area contributed by atoms with Crippen LogP contribution in [0.5, 0.6) is 0 Å². The van der Waals surface area contributed by atoms with E-state index in [0.29, 0.717) is 28.8 Å². The molecule has 0 unspecified atom stereocenters. The molecule has 5 rings (SSSR count). The number of fused-ring (bicyclic) bond motifs is 7. The third-order valence-corrected chi connectivity index (χ3v) is 6.57. The van der Waals surface area contributed by atoms with Gasteiger partial charge in [-0.1, -0.05) is 42.8 Å². The van der Waals surface area contributed by atoms with Crippen LogP contribution in [0.4, 0.5) is 0 Å². The van der Waals surface area contributed by atoms with Gasteiger partial charge in [0, 0.05) is 34.9 Å². The number of hydrogen-bond acceptors (Lipinski definition) is 2. The molecular formula is C19H20ClNO2. The van der Waals surface area contributed by atoms with Gasteiger partial charge in [-0.3, -0.25) is 4.79 Å². The lowest BCUT2D eigenvalue weighted by molar-refractivity contribution is -0.218. The average Bonchev–Trinajstić information content (AvgIpc) is 3.22. The first-order valence-corrected chi connectivity index (χ1v) is 8.89. The Hall–Kier alpha value is -1.32. The van der Waals surface area contributed by atoms with E-state index in [4.69, 9.17) is 16.3 Å². The molecule has 2 aliphatic heterocycles. The molecule has 3 nitrogen and oxygen atoms in total. The van der Waals surface area contributed by atoms with E-state index in [1.165, 1.54) is 6.42 Å². The highest BCUT2D eigenvalue weighted by Gasteiger charge is 2.63. The van der Waals surface area contributed by atoms with Gasteiger partial charge in [-0.15, -0.1) is 0 Å². The minimum absolute atomic E-state index is 0.00698. The van der Waals surface area contributed by atoms with Crippen LogP contribution in [0.3, 0.4) is 0 Å². The predicted octanol–water partition coefficient (Wildman–Crippen LogP) is 3.58. The number of halogens is 1. The summed E-state index contributed by atoms with van der Waals surface area (Å²) in [4.78, 5) is 15.1. The molecular weight excluding hydrogens is 310 g/mol. The van der Waals surface area contributed by atoms with Crippen LogP contribution in [-0.4, -0.2) is 23.5 Å². The molecule has 1 saturated carbocycles. The Morgan fingerprint density at radius 1 is 1.22 bits per heavy atom. The highest BCUT2D eigenvalue weighted by atomic mass is 35.5. The fourth-order valence-corrected chi connectivity index (χ4v) is 5.45. The quantitative estimate of drug-likeness (QED) is 0.737. The molecule has 2 bridgehead atoms. The number of ether oxygens (including phenoxy) is 1. The molecule has 0 radical (unpaired) electrons. The molecule has 4 aliphatic rings. The Balaban J connectivity index is 1.64. The van der Waals surface area contributed by atoms with Crippen LogP contribution in [0.15, 0.2) is 36.4 Å². The normalized spacial score (nSPS) is 43.8. The second-order valence-electron chi connectivity index (χ2n) is 7.52. The SMILES string of the molecule is C[C@@H]1C[C@@]2(c3ccc(Cl)cc3)OC[C@H]3[C@@H]([C@@H]4C=C[C@H]3C4)N2C1=O. The van der Waals surface area contributed by atoms with Crippen LogP contribution in [0, 0.1) is 23.7 Å². The van der Waals surface area contributed by atoms with Gasteiger partial charge in [-0.05, 0) is 30.4 Å². The Labute approximate surface area is 141 Å². The topological polar surface area (TPSA) is 29.5 Å². The summed E-state index contributed by atoms with van der Waals surface area (Å²) in [5, 5.41) is 0.714. The average molecular weight is 330 g/mol. The first-order chi connectivity index (χ1) is 11.1. The van der Waals surface area contributed by atoms with Crippen molar-refractivity contribution in [2.45, 2.75) is 31.5 Å². The number of hydrogen-bond donors (Lipinski definition) is 0. The number of rotatable bonds is 1. The van der Waals surface area contributed by atoms with Crippen LogP contribution in [0.2, 0.25) is 5.02 Å². The molecule has 4 heteroatoms. The number of amides is 1. The lowest BCUT2D eigenvalue weighted by Gasteiger charge is -2.51. The minimum Gasteiger partial charge on any atom is -0.351 e. The Morgan fingerprint density at radius 2 is 1.96 bits per heavy atom. The van der Waals surface area contributed by atoms with E-state index in [2.05, 4.69) is 17.1 Å². The van der Waals surface area contributed by atoms with Gasteiger partial charge in [-0.2, -0.15) is 0 Å². The second kappa shape index (κ2) is 4.61. The van der Waals surface area contributed by atoms with Crippen molar-refractivity contribution in [3.8, 4) is 0 Å². The van der Waals surface area contributed by atoms with E-state index in [9.17, 15) is 4.79 Å². The first kappa shape index (κ1) is 14.1. The molecule has 0 aromatic heterocycles. The van der Waals surface area contributed by atoms with Gasteiger partial charge in [0.2, 0.25) is 5.91 Å². The van der Waals surface area contributed by atoms with Crippen LogP contribution < -0.4 is 0 Å². The van der Waals surface area contributed by atoms with E-state index < -0.39 is 5.72 Å². The van der Waals surface area contributed by atoms with Crippen molar-refractivity contribution in [2.24, 2.45) is 23.7 Å². The highest BCUT2D eigenvalue weighted by Crippen LogP contribution is 2.57. The number of allylic oxidation sites excluding steroid dienone is 1. The smallest absolute Gasteiger partial charge is 0.228 e. The summed E-state index contributed by atoms with van der Waals surface area (Å²) in [5.74, 6) is 1.79. The van der Waals surface area contributed by atoms with E-state index in [-0.39, 0.29) is 11.8 Å². The molecule has 1 aromatic carbocycles. The molecule has 1 aromatic rings. The van der Waals surface area contributed by atoms with Crippen LogP contribution in [-0.2, 0) is 15.3 Å². The summed E-state index contributed by atoms with van der Waals surface area (Å²) >= 11 is 6.06. The fourth-order valence-electron chi connectivity index (χ4n) is 5.32. The summed E-state index contributed by atoms with van der Waals surface area (Å²) in [5.41, 5.74) is 0.463. The third-order valence-electron chi connectivity index (χ3n) is 6.32. The largest absolute Gasteiger partial charge is 0.351 e. The maximum Gasteiger partial charge on any atom is 0.228 e. The maximum absolute atomic E-state index is 13.0. The molecule has 2 heterocycles. The zero-order valence-corrected chi connectivity index (χ0v) is 13.9. The molecule has 6 atom stereocenters. The molecule has 1 amide bonds.